The van der Waals surface area contributed by atoms with Crippen molar-refractivity contribution in [3.63, 3.8) is 0 Å². The highest BCUT2D eigenvalue weighted by molar-refractivity contribution is 5.60. The van der Waals surface area contributed by atoms with Crippen molar-refractivity contribution in [3.8, 4) is 24.0 Å². The Labute approximate surface area is 161 Å². The van der Waals surface area contributed by atoms with E-state index in [1.54, 1.807) is 12.1 Å². The van der Waals surface area contributed by atoms with Crippen LogP contribution in [0, 0.1) is 45.3 Å². The minimum atomic E-state index is -3.06. The molecular weight excluding hydrogens is 364 g/mol. The van der Waals surface area contributed by atoms with E-state index in [2.05, 4.69) is 4.74 Å². The molecule has 1 heterocycles. The summed E-state index contributed by atoms with van der Waals surface area (Å²) in [6.07, 6.45) is 1.84. The number of nitrogens with two attached hydrogens (primary N) is 1. The number of fused-ring (bicyclic) bond motifs is 1. The fourth-order valence-electron chi connectivity index (χ4n) is 4.11. The monoisotopic (exact) mass is 381 g/mol. The van der Waals surface area contributed by atoms with Gasteiger partial charge in [-0.1, -0.05) is 24.3 Å². The molecule has 1 aliphatic carbocycles. The SMILES string of the molecule is CN1CC=C2C(C#N)=C(N)C(C#N)(C#N)C(c3ccccc3OC(F)F)C2C1. The number of nitriles is 3. The summed E-state index contributed by atoms with van der Waals surface area (Å²) < 4.78 is 30.6. The lowest BCUT2D eigenvalue weighted by atomic mass is 9.58. The van der Waals surface area contributed by atoms with Crippen molar-refractivity contribution in [3.05, 3.63) is 52.7 Å². The van der Waals surface area contributed by atoms with Crippen LogP contribution in [0.5, 0.6) is 5.75 Å². The van der Waals surface area contributed by atoms with Gasteiger partial charge < -0.3 is 15.4 Å². The lowest BCUT2D eigenvalue weighted by Crippen LogP contribution is -2.47. The number of halogens is 2. The van der Waals surface area contributed by atoms with E-state index in [-0.39, 0.29) is 22.6 Å². The minimum Gasteiger partial charge on any atom is -0.435 e. The normalized spacial score (nSPS) is 23.8. The average Bonchev–Trinajstić information content (AvgIpc) is 2.68. The molecule has 1 aromatic rings. The van der Waals surface area contributed by atoms with Crippen molar-refractivity contribution >= 4 is 0 Å². The van der Waals surface area contributed by atoms with E-state index >= 15 is 0 Å². The summed E-state index contributed by atoms with van der Waals surface area (Å²) in [5, 5.41) is 29.6. The van der Waals surface area contributed by atoms with Gasteiger partial charge in [0, 0.05) is 30.5 Å². The first-order valence-electron chi connectivity index (χ1n) is 8.55. The first kappa shape index (κ1) is 19.4. The van der Waals surface area contributed by atoms with Gasteiger partial charge in [0.05, 0.1) is 23.4 Å². The van der Waals surface area contributed by atoms with Crippen molar-refractivity contribution in [2.45, 2.75) is 12.5 Å². The lowest BCUT2D eigenvalue weighted by molar-refractivity contribution is -0.0509. The Kier molecular flexibility index (Phi) is 5.05. The molecule has 3 rings (SSSR count). The number of ether oxygens (including phenoxy) is 1. The molecule has 1 aromatic carbocycles. The third kappa shape index (κ3) is 2.87. The molecule has 0 spiro atoms. The second-order valence-electron chi connectivity index (χ2n) is 6.81. The number of likely N-dealkylation sites (N-methyl/N-ethyl adjacent to an activating group) is 1. The van der Waals surface area contributed by atoms with Gasteiger partial charge in [-0.25, -0.2) is 0 Å². The van der Waals surface area contributed by atoms with Crippen LogP contribution in [0.25, 0.3) is 0 Å². The molecule has 2 aliphatic rings. The largest absolute Gasteiger partial charge is 0.435 e. The minimum absolute atomic E-state index is 0.113. The summed E-state index contributed by atoms with van der Waals surface area (Å²) in [4.78, 5) is 1.97. The molecule has 2 N–H and O–H groups in total. The fourth-order valence-corrected chi connectivity index (χ4v) is 4.11. The van der Waals surface area contributed by atoms with Crippen molar-refractivity contribution in [1.29, 1.82) is 15.8 Å². The molecule has 0 amide bonds. The van der Waals surface area contributed by atoms with E-state index in [1.165, 1.54) is 12.1 Å². The maximum atomic E-state index is 13.0. The lowest BCUT2D eigenvalue weighted by Gasteiger charge is -2.45. The number of hydrogen-bond donors (Lipinski definition) is 1. The summed E-state index contributed by atoms with van der Waals surface area (Å²) in [5.41, 5.74) is 5.19. The topological polar surface area (TPSA) is 110 Å². The number of alkyl halides is 2. The van der Waals surface area contributed by atoms with Crippen LogP contribution in [0.2, 0.25) is 0 Å². The van der Waals surface area contributed by atoms with Gasteiger partial charge in [-0.3, -0.25) is 0 Å². The predicted octanol–water partition coefficient (Wildman–Crippen LogP) is 2.64. The van der Waals surface area contributed by atoms with Crippen LogP contribution in [-0.2, 0) is 0 Å². The van der Waals surface area contributed by atoms with E-state index in [0.29, 0.717) is 18.7 Å². The standard InChI is InChI=1S/C20H17F2N5O/c1-27-7-6-12-14(8-23)18(26)20(10-24,11-25)17(15(12)9-27)13-4-2-3-5-16(13)28-19(21)22/h2-6,15,17,19H,7,9,26H2,1H3. The number of para-hydroxylation sites is 1. The van der Waals surface area contributed by atoms with Crippen LogP contribution in [0.4, 0.5) is 8.78 Å². The molecule has 28 heavy (non-hydrogen) atoms. The van der Waals surface area contributed by atoms with Crippen molar-refractivity contribution in [2.75, 3.05) is 20.1 Å². The third-order valence-electron chi connectivity index (χ3n) is 5.32. The Morgan fingerprint density at radius 3 is 2.54 bits per heavy atom. The molecule has 0 saturated heterocycles. The summed E-state index contributed by atoms with van der Waals surface area (Å²) in [7, 11) is 1.86. The molecule has 0 fully saturated rings. The molecule has 0 saturated carbocycles. The molecule has 142 valence electrons. The zero-order valence-corrected chi connectivity index (χ0v) is 15.1. The fraction of sp³-hybridized carbons (Fsp3) is 0.350. The van der Waals surface area contributed by atoms with Gasteiger partial charge in [-0.15, -0.1) is 0 Å². The Balaban J connectivity index is 2.33. The second-order valence-corrected chi connectivity index (χ2v) is 6.81. The summed E-state index contributed by atoms with van der Waals surface area (Å²) in [6.45, 7) is -2.06. The van der Waals surface area contributed by atoms with E-state index in [0.717, 1.165) is 0 Å². The highest BCUT2D eigenvalue weighted by Gasteiger charge is 2.55. The molecule has 1 aliphatic heterocycles. The van der Waals surface area contributed by atoms with Crippen LogP contribution in [-0.4, -0.2) is 31.6 Å². The molecule has 6 nitrogen and oxygen atoms in total. The Morgan fingerprint density at radius 2 is 1.93 bits per heavy atom. The van der Waals surface area contributed by atoms with Crippen LogP contribution in [0.15, 0.2) is 47.2 Å². The van der Waals surface area contributed by atoms with E-state index in [4.69, 9.17) is 5.73 Å². The summed E-state index contributed by atoms with van der Waals surface area (Å²) in [6, 6.07) is 12.1. The van der Waals surface area contributed by atoms with Gasteiger partial charge in [0.15, 0.2) is 5.41 Å². The average molecular weight is 381 g/mol. The Hall–Kier alpha value is -3.41. The molecule has 2 unspecified atom stereocenters. The molecule has 8 heteroatoms. The highest BCUT2D eigenvalue weighted by Crippen LogP contribution is 2.55. The van der Waals surface area contributed by atoms with E-state index in [9.17, 15) is 24.6 Å². The van der Waals surface area contributed by atoms with Gasteiger partial charge in [0.1, 0.15) is 11.8 Å². The number of rotatable bonds is 3. The summed E-state index contributed by atoms with van der Waals surface area (Å²) >= 11 is 0. The third-order valence-corrected chi connectivity index (χ3v) is 5.32. The number of benzene rings is 1. The highest BCUT2D eigenvalue weighted by atomic mass is 19.3. The molecule has 0 bridgehead atoms. The van der Waals surface area contributed by atoms with Gasteiger partial charge >= 0.3 is 6.61 Å². The van der Waals surface area contributed by atoms with Crippen molar-refractivity contribution in [2.24, 2.45) is 17.1 Å². The van der Waals surface area contributed by atoms with Crippen molar-refractivity contribution in [1.82, 2.24) is 4.90 Å². The van der Waals surface area contributed by atoms with Crippen LogP contribution in [0.1, 0.15) is 11.5 Å². The van der Waals surface area contributed by atoms with Gasteiger partial charge in [0.2, 0.25) is 0 Å². The quantitative estimate of drug-likeness (QED) is 0.862. The van der Waals surface area contributed by atoms with Gasteiger partial charge in [-0.2, -0.15) is 24.6 Å². The van der Waals surface area contributed by atoms with Crippen LogP contribution >= 0.6 is 0 Å². The number of hydrogen-bond acceptors (Lipinski definition) is 6. The van der Waals surface area contributed by atoms with Crippen LogP contribution in [0.3, 0.4) is 0 Å². The second kappa shape index (κ2) is 7.31. The maximum Gasteiger partial charge on any atom is 0.387 e. The predicted molar refractivity (Wildman–Crippen MR) is 95.4 cm³/mol. The Morgan fingerprint density at radius 1 is 1.25 bits per heavy atom. The molecule has 0 aromatic heterocycles. The molecule has 2 atom stereocenters. The zero-order valence-electron chi connectivity index (χ0n) is 15.1. The zero-order chi connectivity index (χ0) is 20.5. The molecule has 0 radical (unpaired) electrons. The van der Waals surface area contributed by atoms with E-state index < -0.39 is 23.9 Å². The first-order valence-corrected chi connectivity index (χ1v) is 8.55. The van der Waals surface area contributed by atoms with Gasteiger partial charge in [0.25, 0.3) is 0 Å². The Bertz CT molecular complexity index is 966. The molecular formula is C20H17F2N5O. The summed E-state index contributed by atoms with van der Waals surface area (Å²) in [5.74, 6) is -1.44. The van der Waals surface area contributed by atoms with Crippen LogP contribution < -0.4 is 10.5 Å². The smallest absolute Gasteiger partial charge is 0.387 e. The maximum absolute atomic E-state index is 13.0. The first-order chi connectivity index (χ1) is 13.4. The number of allylic oxidation sites excluding steroid dienone is 2. The van der Waals surface area contributed by atoms with Crippen molar-refractivity contribution < 1.29 is 13.5 Å². The van der Waals surface area contributed by atoms with Gasteiger partial charge in [-0.05, 0) is 18.7 Å². The van der Waals surface area contributed by atoms with E-state index in [1.807, 2.05) is 36.2 Å². The number of nitrogens with zero attached hydrogens (tertiary/aromatic N) is 4.